The molecular weight excluding hydrogens is 290 g/mol. The Morgan fingerprint density at radius 3 is 2.95 bits per heavy atom. The number of carbonyl (C=O) groups is 2. The van der Waals surface area contributed by atoms with Crippen LogP contribution in [0.4, 0.5) is 5.13 Å². The molecular formula is C14H15N3O3S. The van der Waals surface area contributed by atoms with Gasteiger partial charge in [0.2, 0.25) is 0 Å². The van der Waals surface area contributed by atoms with E-state index >= 15 is 0 Å². The van der Waals surface area contributed by atoms with Gasteiger partial charge in [-0.05, 0) is 31.0 Å². The minimum atomic E-state index is -0.844. The predicted molar refractivity (Wildman–Crippen MR) is 80.3 cm³/mol. The third-order valence-corrected chi connectivity index (χ3v) is 4.66. The molecule has 2 atom stereocenters. The topological polar surface area (TPSA) is 105 Å². The number of hydrogen-bond donors (Lipinski definition) is 3. The number of carboxylic acids is 1. The second-order valence-corrected chi connectivity index (χ2v) is 6.25. The Morgan fingerprint density at radius 1 is 1.38 bits per heavy atom. The molecule has 1 aliphatic rings. The average molecular weight is 305 g/mol. The lowest BCUT2D eigenvalue weighted by molar-refractivity contribution is -0.142. The van der Waals surface area contributed by atoms with Crippen molar-refractivity contribution in [3.63, 3.8) is 0 Å². The zero-order valence-electron chi connectivity index (χ0n) is 11.2. The van der Waals surface area contributed by atoms with Crippen molar-refractivity contribution in [1.82, 2.24) is 10.3 Å². The fourth-order valence-corrected chi connectivity index (χ4v) is 3.54. The summed E-state index contributed by atoms with van der Waals surface area (Å²) in [6, 6.07) is 4.88. The molecule has 1 heterocycles. The summed E-state index contributed by atoms with van der Waals surface area (Å²) in [5, 5.41) is 12.4. The zero-order valence-corrected chi connectivity index (χ0v) is 12.0. The number of nitrogen functional groups attached to an aromatic ring is 1. The molecule has 1 aliphatic carbocycles. The number of nitrogens with zero attached hydrogens (tertiary/aromatic N) is 1. The van der Waals surface area contributed by atoms with Crippen molar-refractivity contribution >= 4 is 38.6 Å². The van der Waals surface area contributed by atoms with Crippen LogP contribution in [0.3, 0.4) is 0 Å². The Hall–Kier alpha value is -2.15. The Labute approximate surface area is 125 Å². The van der Waals surface area contributed by atoms with Crippen LogP contribution >= 0.6 is 11.3 Å². The minimum absolute atomic E-state index is 0.248. The second kappa shape index (κ2) is 5.33. The van der Waals surface area contributed by atoms with Crippen molar-refractivity contribution < 1.29 is 14.7 Å². The number of nitrogens with one attached hydrogen (secondary N) is 1. The van der Waals surface area contributed by atoms with E-state index in [1.165, 1.54) is 11.3 Å². The molecule has 1 saturated carbocycles. The molecule has 1 aromatic carbocycles. The molecule has 7 heteroatoms. The summed E-state index contributed by atoms with van der Waals surface area (Å²) >= 11 is 1.32. The lowest BCUT2D eigenvalue weighted by Gasteiger charge is -2.17. The van der Waals surface area contributed by atoms with Crippen LogP contribution in [-0.4, -0.2) is 28.0 Å². The van der Waals surface area contributed by atoms with E-state index < -0.39 is 11.9 Å². The molecule has 0 spiro atoms. The van der Waals surface area contributed by atoms with Crippen LogP contribution < -0.4 is 11.1 Å². The normalized spacial score (nSPS) is 21.5. The lowest BCUT2D eigenvalue weighted by Crippen LogP contribution is -2.40. The maximum absolute atomic E-state index is 12.3. The number of hydrogen-bond acceptors (Lipinski definition) is 5. The third kappa shape index (κ3) is 2.69. The quantitative estimate of drug-likeness (QED) is 0.802. The number of aliphatic carboxylic acids is 1. The van der Waals surface area contributed by atoms with Gasteiger partial charge in [0.15, 0.2) is 5.13 Å². The van der Waals surface area contributed by atoms with E-state index in [-0.39, 0.29) is 11.9 Å². The molecule has 1 fully saturated rings. The molecule has 6 nitrogen and oxygen atoms in total. The molecule has 3 rings (SSSR count). The molecule has 0 bridgehead atoms. The van der Waals surface area contributed by atoms with Gasteiger partial charge in [0.25, 0.3) is 5.91 Å². The standard InChI is InChI=1S/C14H15N3O3S/c15-14-17-10-5-4-7(6-11(10)21-14)12(18)16-9-3-1-2-8(9)13(19)20/h4-6,8-9H,1-3H2,(H2,15,17)(H,16,18)(H,19,20). The van der Waals surface area contributed by atoms with Crippen molar-refractivity contribution in [2.45, 2.75) is 25.3 Å². The molecule has 4 N–H and O–H groups in total. The number of thiazole rings is 1. The number of carboxylic acid groups (broad SMARTS) is 1. The number of rotatable bonds is 3. The van der Waals surface area contributed by atoms with Crippen LogP contribution in [0.25, 0.3) is 10.2 Å². The number of fused-ring (bicyclic) bond motifs is 1. The molecule has 110 valence electrons. The molecule has 0 aliphatic heterocycles. The summed E-state index contributed by atoms with van der Waals surface area (Å²) in [6.07, 6.45) is 2.15. The van der Waals surface area contributed by atoms with Gasteiger partial charge in [-0.25, -0.2) is 4.98 Å². The van der Waals surface area contributed by atoms with Gasteiger partial charge in [-0.3, -0.25) is 9.59 Å². The minimum Gasteiger partial charge on any atom is -0.481 e. The van der Waals surface area contributed by atoms with E-state index in [1.54, 1.807) is 18.2 Å². The molecule has 0 radical (unpaired) electrons. The first-order chi connectivity index (χ1) is 10.0. The summed E-state index contributed by atoms with van der Waals surface area (Å²) in [4.78, 5) is 27.5. The maximum Gasteiger partial charge on any atom is 0.308 e. The number of nitrogens with two attached hydrogens (primary N) is 1. The van der Waals surface area contributed by atoms with E-state index in [1.807, 2.05) is 0 Å². The van der Waals surface area contributed by atoms with Crippen molar-refractivity contribution in [1.29, 1.82) is 0 Å². The zero-order chi connectivity index (χ0) is 15.0. The van der Waals surface area contributed by atoms with E-state index in [2.05, 4.69) is 10.3 Å². The first-order valence-electron chi connectivity index (χ1n) is 6.74. The summed E-state index contributed by atoms with van der Waals surface area (Å²) < 4.78 is 0.848. The van der Waals surface area contributed by atoms with Gasteiger partial charge in [-0.1, -0.05) is 17.8 Å². The van der Waals surface area contributed by atoms with Crippen molar-refractivity contribution in [3.8, 4) is 0 Å². The Kier molecular flexibility index (Phi) is 3.50. The van der Waals surface area contributed by atoms with Crippen molar-refractivity contribution in [2.75, 3.05) is 5.73 Å². The maximum atomic E-state index is 12.3. The molecule has 21 heavy (non-hydrogen) atoms. The van der Waals surface area contributed by atoms with Gasteiger partial charge >= 0.3 is 5.97 Å². The first kappa shape index (κ1) is 13.8. The van der Waals surface area contributed by atoms with Gasteiger partial charge in [0.1, 0.15) is 0 Å². The van der Waals surface area contributed by atoms with Crippen LogP contribution in [0, 0.1) is 5.92 Å². The monoisotopic (exact) mass is 305 g/mol. The van der Waals surface area contributed by atoms with Gasteiger partial charge in [0.05, 0.1) is 16.1 Å². The Morgan fingerprint density at radius 2 is 2.19 bits per heavy atom. The summed E-state index contributed by atoms with van der Waals surface area (Å²) in [5.41, 5.74) is 6.91. The van der Waals surface area contributed by atoms with E-state index in [9.17, 15) is 9.59 Å². The second-order valence-electron chi connectivity index (χ2n) is 5.19. The largest absolute Gasteiger partial charge is 0.481 e. The van der Waals surface area contributed by atoms with Crippen LogP contribution in [0.1, 0.15) is 29.6 Å². The highest BCUT2D eigenvalue weighted by Gasteiger charge is 2.34. The van der Waals surface area contributed by atoms with Gasteiger partial charge in [0, 0.05) is 11.6 Å². The summed E-state index contributed by atoms with van der Waals surface area (Å²) in [6.45, 7) is 0. The van der Waals surface area contributed by atoms with Gasteiger partial charge in [-0.2, -0.15) is 0 Å². The lowest BCUT2D eigenvalue weighted by atomic mass is 10.0. The van der Waals surface area contributed by atoms with Crippen LogP contribution in [-0.2, 0) is 4.79 Å². The van der Waals surface area contributed by atoms with Crippen LogP contribution in [0.2, 0.25) is 0 Å². The Bertz CT molecular complexity index is 713. The number of amides is 1. The van der Waals surface area contributed by atoms with Crippen molar-refractivity contribution in [2.24, 2.45) is 5.92 Å². The molecule has 2 aromatic rings. The number of benzene rings is 1. The fraction of sp³-hybridized carbons (Fsp3) is 0.357. The van der Waals surface area contributed by atoms with Crippen LogP contribution in [0.5, 0.6) is 0 Å². The molecule has 0 saturated heterocycles. The van der Waals surface area contributed by atoms with Gasteiger partial charge < -0.3 is 16.2 Å². The summed E-state index contributed by atoms with van der Waals surface area (Å²) in [7, 11) is 0. The molecule has 1 amide bonds. The average Bonchev–Trinajstić information content (AvgIpc) is 3.02. The highest BCUT2D eigenvalue weighted by Crippen LogP contribution is 2.27. The fourth-order valence-electron chi connectivity index (χ4n) is 2.76. The highest BCUT2D eigenvalue weighted by molar-refractivity contribution is 7.22. The third-order valence-electron chi connectivity index (χ3n) is 3.82. The molecule has 1 aromatic heterocycles. The van der Waals surface area contributed by atoms with Crippen LogP contribution in [0.15, 0.2) is 18.2 Å². The number of carbonyl (C=O) groups excluding carboxylic acids is 1. The van der Waals surface area contributed by atoms with E-state index in [4.69, 9.17) is 10.8 Å². The predicted octanol–water partition coefficient (Wildman–Crippen LogP) is 1.86. The number of aromatic nitrogens is 1. The van der Waals surface area contributed by atoms with Gasteiger partial charge in [-0.15, -0.1) is 0 Å². The summed E-state index contributed by atoms with van der Waals surface area (Å²) in [5.74, 6) is -1.58. The van der Waals surface area contributed by atoms with E-state index in [0.29, 0.717) is 23.5 Å². The Balaban J connectivity index is 1.78. The smallest absolute Gasteiger partial charge is 0.308 e. The first-order valence-corrected chi connectivity index (χ1v) is 7.56. The highest BCUT2D eigenvalue weighted by atomic mass is 32.1. The number of anilines is 1. The molecule has 2 unspecified atom stereocenters. The SMILES string of the molecule is Nc1nc2ccc(C(=O)NC3CCCC3C(=O)O)cc2s1. The van der Waals surface area contributed by atoms with Crippen molar-refractivity contribution in [3.05, 3.63) is 23.8 Å². The van der Waals surface area contributed by atoms with E-state index in [0.717, 1.165) is 16.6 Å².